The Morgan fingerprint density at radius 3 is 2.85 bits per heavy atom. The van der Waals surface area contributed by atoms with Crippen LogP contribution in [-0.2, 0) is 11.3 Å². The molecule has 0 aliphatic carbocycles. The van der Waals surface area contributed by atoms with Gasteiger partial charge in [-0.1, -0.05) is 13.8 Å². The quantitative estimate of drug-likeness (QED) is 0.896. The number of amides is 1. The molecule has 3 heterocycles. The predicted octanol–water partition coefficient (Wildman–Crippen LogP) is 1.63. The second-order valence-electron chi connectivity index (χ2n) is 6.81. The zero-order valence-electron chi connectivity index (χ0n) is 15.7. The van der Waals surface area contributed by atoms with Gasteiger partial charge in [-0.25, -0.2) is 4.98 Å². The summed E-state index contributed by atoms with van der Waals surface area (Å²) in [5.74, 6) is 0.641. The molecule has 0 bridgehead atoms. The molecule has 0 spiro atoms. The van der Waals surface area contributed by atoms with Crippen molar-refractivity contribution in [3.05, 3.63) is 45.4 Å². The number of hydrogen-bond donors (Lipinski definition) is 1. The molecule has 1 amide bonds. The Hall–Kier alpha value is -2.48. The predicted molar refractivity (Wildman–Crippen MR) is 96.2 cm³/mol. The van der Waals surface area contributed by atoms with Gasteiger partial charge in [0, 0.05) is 24.8 Å². The fourth-order valence-electron chi connectivity index (χ4n) is 3.05. The largest absolute Gasteiger partial charge is 0.367 e. The Labute approximate surface area is 152 Å². The fourth-order valence-corrected chi connectivity index (χ4v) is 3.05. The number of H-pyrrole nitrogens is 1. The van der Waals surface area contributed by atoms with Crippen molar-refractivity contribution in [1.82, 2.24) is 24.6 Å². The van der Waals surface area contributed by atoms with Crippen LogP contribution in [0.15, 0.2) is 16.9 Å². The third kappa shape index (κ3) is 3.70. The van der Waals surface area contributed by atoms with E-state index in [9.17, 15) is 9.59 Å². The molecular formula is C18H25N5O3. The number of rotatable bonds is 4. The van der Waals surface area contributed by atoms with Crippen molar-refractivity contribution < 1.29 is 9.53 Å². The summed E-state index contributed by atoms with van der Waals surface area (Å²) < 4.78 is 7.49. The van der Waals surface area contributed by atoms with E-state index in [0.717, 1.165) is 5.69 Å². The van der Waals surface area contributed by atoms with Crippen molar-refractivity contribution in [3.8, 4) is 0 Å². The van der Waals surface area contributed by atoms with Crippen LogP contribution in [0.3, 0.4) is 0 Å². The first-order valence-corrected chi connectivity index (χ1v) is 8.95. The lowest BCUT2D eigenvalue weighted by Gasteiger charge is -2.32. The standard InChI is InChI=1S/C18H25N5O3/c1-5-23-14(9-13(21-23)11(2)3)18(25)22-6-7-26-15(10-22)17-19-12(4)8-16(24)20-17/h8-9,11,15H,5-7,10H2,1-4H3,(H,19,20,24)/t15-/m1/s1. The number of carbonyl (C=O) groups excluding carboxylic acids is 1. The van der Waals surface area contributed by atoms with Crippen molar-refractivity contribution in [2.24, 2.45) is 0 Å². The summed E-state index contributed by atoms with van der Waals surface area (Å²) in [4.78, 5) is 33.5. The Kier molecular flexibility index (Phi) is 5.22. The Morgan fingerprint density at radius 2 is 2.19 bits per heavy atom. The van der Waals surface area contributed by atoms with Crippen LogP contribution in [0.25, 0.3) is 0 Å². The van der Waals surface area contributed by atoms with Gasteiger partial charge in [0.15, 0.2) is 0 Å². The summed E-state index contributed by atoms with van der Waals surface area (Å²) in [6.45, 7) is 9.71. The highest BCUT2D eigenvalue weighted by Gasteiger charge is 2.29. The normalized spacial score (nSPS) is 17.7. The highest BCUT2D eigenvalue weighted by Crippen LogP contribution is 2.22. The maximum absolute atomic E-state index is 13.0. The molecule has 1 atom stereocenters. The van der Waals surface area contributed by atoms with Gasteiger partial charge in [-0.05, 0) is 25.8 Å². The van der Waals surface area contributed by atoms with Crippen LogP contribution < -0.4 is 5.56 Å². The van der Waals surface area contributed by atoms with E-state index in [4.69, 9.17) is 4.74 Å². The molecule has 26 heavy (non-hydrogen) atoms. The molecule has 0 aromatic carbocycles. The van der Waals surface area contributed by atoms with E-state index >= 15 is 0 Å². The van der Waals surface area contributed by atoms with E-state index < -0.39 is 6.10 Å². The number of morpholine rings is 1. The molecule has 140 valence electrons. The summed E-state index contributed by atoms with van der Waals surface area (Å²) >= 11 is 0. The molecule has 1 fully saturated rings. The zero-order chi connectivity index (χ0) is 18.8. The van der Waals surface area contributed by atoms with Gasteiger partial charge in [-0.2, -0.15) is 5.10 Å². The maximum Gasteiger partial charge on any atom is 0.272 e. The Morgan fingerprint density at radius 1 is 1.42 bits per heavy atom. The highest BCUT2D eigenvalue weighted by atomic mass is 16.5. The van der Waals surface area contributed by atoms with Gasteiger partial charge < -0.3 is 14.6 Å². The molecule has 0 radical (unpaired) electrons. The SMILES string of the molecule is CCn1nc(C(C)C)cc1C(=O)N1CCO[C@@H](c2nc(C)cc(=O)[nH]2)C1. The summed E-state index contributed by atoms with van der Waals surface area (Å²) in [5.41, 5.74) is 1.90. The van der Waals surface area contributed by atoms with Gasteiger partial charge in [0.1, 0.15) is 17.6 Å². The third-order valence-electron chi connectivity index (χ3n) is 4.46. The molecule has 2 aromatic rings. The molecule has 1 aliphatic rings. The van der Waals surface area contributed by atoms with E-state index in [2.05, 4.69) is 28.9 Å². The fraction of sp³-hybridized carbons (Fsp3) is 0.556. The van der Waals surface area contributed by atoms with Gasteiger partial charge >= 0.3 is 0 Å². The second-order valence-corrected chi connectivity index (χ2v) is 6.81. The van der Waals surface area contributed by atoms with E-state index in [1.54, 1.807) is 16.5 Å². The summed E-state index contributed by atoms with van der Waals surface area (Å²) in [5, 5.41) is 4.52. The second kappa shape index (κ2) is 7.41. The minimum absolute atomic E-state index is 0.0745. The first-order valence-electron chi connectivity index (χ1n) is 8.95. The van der Waals surface area contributed by atoms with E-state index in [-0.39, 0.29) is 17.4 Å². The maximum atomic E-state index is 13.0. The van der Waals surface area contributed by atoms with Gasteiger partial charge in [0.05, 0.1) is 18.8 Å². The molecule has 0 saturated carbocycles. The van der Waals surface area contributed by atoms with Gasteiger partial charge in [-0.3, -0.25) is 14.3 Å². The molecule has 1 saturated heterocycles. The van der Waals surface area contributed by atoms with Gasteiger partial charge in [0.2, 0.25) is 0 Å². The highest BCUT2D eigenvalue weighted by molar-refractivity contribution is 5.92. The van der Waals surface area contributed by atoms with Crippen molar-refractivity contribution in [1.29, 1.82) is 0 Å². The van der Waals surface area contributed by atoms with Crippen LogP contribution in [0.5, 0.6) is 0 Å². The number of aromatic amines is 1. The number of aromatic nitrogens is 4. The number of nitrogens with zero attached hydrogens (tertiary/aromatic N) is 4. The van der Waals surface area contributed by atoms with Crippen molar-refractivity contribution in [3.63, 3.8) is 0 Å². The molecule has 8 heteroatoms. The van der Waals surface area contributed by atoms with E-state index in [1.807, 2.05) is 13.0 Å². The first kappa shape index (κ1) is 18.3. The number of carbonyl (C=O) groups is 1. The monoisotopic (exact) mass is 359 g/mol. The van der Waals surface area contributed by atoms with Crippen LogP contribution in [-0.4, -0.2) is 50.3 Å². The smallest absolute Gasteiger partial charge is 0.272 e. The number of ether oxygens (including phenoxy) is 1. The lowest BCUT2D eigenvalue weighted by molar-refractivity contribution is -0.0273. The van der Waals surface area contributed by atoms with Crippen LogP contribution in [0.1, 0.15) is 60.5 Å². The summed E-state index contributed by atoms with van der Waals surface area (Å²) in [7, 11) is 0. The molecule has 1 aliphatic heterocycles. The minimum atomic E-state index is -0.442. The van der Waals surface area contributed by atoms with Crippen molar-refractivity contribution in [2.75, 3.05) is 19.7 Å². The van der Waals surface area contributed by atoms with Gasteiger partial charge in [-0.15, -0.1) is 0 Å². The molecular weight excluding hydrogens is 334 g/mol. The van der Waals surface area contributed by atoms with E-state index in [1.165, 1.54) is 6.07 Å². The van der Waals surface area contributed by atoms with Crippen molar-refractivity contribution in [2.45, 2.75) is 46.3 Å². The molecule has 2 aromatic heterocycles. The number of hydrogen-bond acceptors (Lipinski definition) is 5. The molecule has 1 N–H and O–H groups in total. The lowest BCUT2D eigenvalue weighted by atomic mass is 10.1. The Bertz CT molecular complexity index is 855. The summed E-state index contributed by atoms with van der Waals surface area (Å²) in [6.07, 6.45) is -0.442. The Balaban J connectivity index is 1.83. The topological polar surface area (TPSA) is 93.1 Å². The number of nitrogens with one attached hydrogen (secondary N) is 1. The first-order chi connectivity index (χ1) is 12.4. The van der Waals surface area contributed by atoms with Gasteiger partial charge in [0.25, 0.3) is 11.5 Å². The number of aryl methyl sites for hydroxylation is 2. The van der Waals surface area contributed by atoms with Crippen LogP contribution >= 0.6 is 0 Å². The molecule has 3 rings (SSSR count). The molecule has 0 unspecified atom stereocenters. The average molecular weight is 359 g/mol. The van der Waals surface area contributed by atoms with Crippen LogP contribution in [0, 0.1) is 6.92 Å². The van der Waals surface area contributed by atoms with Crippen LogP contribution in [0.2, 0.25) is 0 Å². The zero-order valence-corrected chi connectivity index (χ0v) is 15.7. The average Bonchev–Trinajstić information content (AvgIpc) is 3.05. The van der Waals surface area contributed by atoms with Crippen molar-refractivity contribution >= 4 is 5.91 Å². The van der Waals surface area contributed by atoms with E-state index in [0.29, 0.717) is 43.5 Å². The summed E-state index contributed by atoms with van der Waals surface area (Å²) in [6, 6.07) is 3.30. The molecule has 8 nitrogen and oxygen atoms in total. The third-order valence-corrected chi connectivity index (χ3v) is 4.46. The van der Waals surface area contributed by atoms with Crippen LogP contribution in [0.4, 0.5) is 0 Å². The minimum Gasteiger partial charge on any atom is -0.367 e. The lowest BCUT2D eigenvalue weighted by Crippen LogP contribution is -2.43.